The molecule has 1 heterocycles. The molecule has 0 bridgehead atoms. The number of nitrogens with one attached hydrogen (secondary N) is 4. The molecule has 0 fully saturated rings. The lowest BCUT2D eigenvalue weighted by Crippen LogP contribution is -2.34. The fourth-order valence-corrected chi connectivity index (χ4v) is 3.03. The zero-order chi connectivity index (χ0) is 28.2. The second-order valence-corrected chi connectivity index (χ2v) is 7.59. The van der Waals surface area contributed by atoms with Gasteiger partial charge in [-0.1, -0.05) is 12.1 Å². The second-order valence-electron chi connectivity index (χ2n) is 7.59. The third-order valence-corrected chi connectivity index (χ3v) is 4.89. The number of carbonyl (C=O) groups excluding carboxylic acids is 5. The fraction of sp³-hybridized carbons (Fsp3) is 0.154. The van der Waals surface area contributed by atoms with Crippen LogP contribution in [0.1, 0.15) is 28.8 Å². The lowest BCUT2D eigenvalue weighted by molar-refractivity contribution is -0.136. The molecule has 2 aromatic carbocycles. The van der Waals surface area contributed by atoms with Crippen LogP contribution in [-0.4, -0.2) is 49.5 Å². The average molecular weight is 536 g/mol. The number of rotatable bonds is 9. The summed E-state index contributed by atoms with van der Waals surface area (Å²) in [7, 11) is 1.43. The standard InChI is InChI=1S/C26H25N5O8/c1-3-38-26(36)16-8-10-17(11-9-16)29-23(33)22(32)27-14-18-12-13-19(39-18)15-28-31-25(35)24(34)30-20-6-4-5-7-21(20)37-2/h4-13,15H,3,14H2,1-2H3,(H,27,32)(H,29,33)(H,30,34)(H,31,35)/b28-15+. The number of esters is 1. The maximum absolute atomic E-state index is 12.1. The average Bonchev–Trinajstić information content (AvgIpc) is 3.40. The maximum Gasteiger partial charge on any atom is 0.338 e. The van der Waals surface area contributed by atoms with Crippen LogP contribution in [0.4, 0.5) is 11.4 Å². The number of methoxy groups -OCH3 is 1. The van der Waals surface area contributed by atoms with Crippen LogP contribution >= 0.6 is 0 Å². The van der Waals surface area contributed by atoms with Gasteiger partial charge in [0.15, 0.2) is 0 Å². The summed E-state index contributed by atoms with van der Waals surface area (Å²) in [4.78, 5) is 59.9. The van der Waals surface area contributed by atoms with E-state index in [0.717, 1.165) is 6.21 Å². The van der Waals surface area contributed by atoms with Gasteiger partial charge in [0, 0.05) is 5.69 Å². The van der Waals surface area contributed by atoms with Crippen LogP contribution < -0.4 is 26.1 Å². The fourth-order valence-electron chi connectivity index (χ4n) is 3.03. The van der Waals surface area contributed by atoms with Gasteiger partial charge in [-0.05, 0) is 55.5 Å². The van der Waals surface area contributed by atoms with Crippen molar-refractivity contribution in [3.8, 4) is 5.75 Å². The third kappa shape index (κ3) is 8.28. The Kier molecular flexibility index (Phi) is 9.90. The quantitative estimate of drug-likeness (QED) is 0.139. The number of nitrogens with zero attached hydrogens (tertiary/aromatic N) is 1. The van der Waals surface area contributed by atoms with Crippen molar-refractivity contribution in [1.29, 1.82) is 0 Å². The lowest BCUT2D eigenvalue weighted by Gasteiger charge is -2.08. The van der Waals surface area contributed by atoms with E-state index in [9.17, 15) is 24.0 Å². The van der Waals surface area contributed by atoms with E-state index in [1.807, 2.05) is 0 Å². The maximum atomic E-state index is 12.1. The zero-order valence-electron chi connectivity index (χ0n) is 21.0. The van der Waals surface area contributed by atoms with E-state index < -0.39 is 29.6 Å². The molecule has 13 nitrogen and oxygen atoms in total. The molecule has 0 unspecified atom stereocenters. The topological polar surface area (TPSA) is 177 Å². The summed E-state index contributed by atoms with van der Waals surface area (Å²) in [5, 5.41) is 10.9. The molecule has 0 aliphatic heterocycles. The molecule has 3 aromatic rings. The predicted octanol–water partition coefficient (Wildman–Crippen LogP) is 1.81. The highest BCUT2D eigenvalue weighted by molar-refractivity contribution is 6.40. The number of hydrogen-bond donors (Lipinski definition) is 4. The Bertz CT molecular complexity index is 1380. The third-order valence-electron chi connectivity index (χ3n) is 4.89. The van der Waals surface area contributed by atoms with Gasteiger partial charge in [-0.25, -0.2) is 10.2 Å². The van der Waals surface area contributed by atoms with Gasteiger partial charge in [0.2, 0.25) is 0 Å². The first-order chi connectivity index (χ1) is 18.8. The first kappa shape index (κ1) is 28.1. The molecule has 3 rings (SSSR count). The predicted molar refractivity (Wildman–Crippen MR) is 139 cm³/mol. The summed E-state index contributed by atoms with van der Waals surface area (Å²) < 4.78 is 15.4. The van der Waals surface area contributed by atoms with Gasteiger partial charge in [-0.3, -0.25) is 19.2 Å². The van der Waals surface area contributed by atoms with E-state index in [4.69, 9.17) is 13.9 Å². The van der Waals surface area contributed by atoms with E-state index in [-0.39, 0.29) is 18.9 Å². The Morgan fingerprint density at radius 3 is 2.31 bits per heavy atom. The minimum atomic E-state index is -1.02. The van der Waals surface area contributed by atoms with Crippen molar-refractivity contribution in [3.63, 3.8) is 0 Å². The summed E-state index contributed by atoms with van der Waals surface area (Å²) in [5.74, 6) is -3.38. The van der Waals surface area contributed by atoms with E-state index in [1.165, 1.54) is 43.5 Å². The molecule has 0 spiro atoms. The Balaban J connectivity index is 1.43. The molecule has 13 heteroatoms. The van der Waals surface area contributed by atoms with Crippen molar-refractivity contribution in [2.45, 2.75) is 13.5 Å². The number of hydrazone groups is 1. The van der Waals surface area contributed by atoms with Crippen LogP contribution in [-0.2, 0) is 30.5 Å². The molecule has 0 saturated heterocycles. The molecular formula is C26H25N5O8. The molecule has 202 valence electrons. The number of anilines is 2. The highest BCUT2D eigenvalue weighted by atomic mass is 16.5. The number of carbonyl (C=O) groups is 5. The largest absolute Gasteiger partial charge is 0.495 e. The van der Waals surface area contributed by atoms with E-state index >= 15 is 0 Å². The summed E-state index contributed by atoms with van der Waals surface area (Å²) in [6.07, 6.45) is 1.16. The van der Waals surface area contributed by atoms with Crippen LogP contribution in [0, 0.1) is 0 Å². The van der Waals surface area contributed by atoms with Gasteiger partial charge in [-0.15, -0.1) is 0 Å². The molecule has 0 atom stereocenters. The minimum absolute atomic E-state index is 0.102. The number of amides is 4. The smallest absolute Gasteiger partial charge is 0.338 e. The van der Waals surface area contributed by atoms with Crippen molar-refractivity contribution in [2.24, 2.45) is 5.10 Å². The Labute approximate surface area is 222 Å². The molecule has 4 N–H and O–H groups in total. The molecule has 4 amide bonds. The van der Waals surface area contributed by atoms with E-state index in [0.29, 0.717) is 28.4 Å². The monoisotopic (exact) mass is 535 g/mol. The Hall–Kier alpha value is -5.46. The number of furan rings is 1. The van der Waals surface area contributed by atoms with Crippen molar-refractivity contribution >= 4 is 47.2 Å². The van der Waals surface area contributed by atoms with Crippen molar-refractivity contribution < 1.29 is 37.9 Å². The van der Waals surface area contributed by atoms with Crippen molar-refractivity contribution in [2.75, 3.05) is 24.4 Å². The highest BCUT2D eigenvalue weighted by Gasteiger charge is 2.16. The van der Waals surface area contributed by atoms with Crippen LogP contribution in [0.5, 0.6) is 5.75 Å². The molecule has 39 heavy (non-hydrogen) atoms. The molecule has 1 aromatic heterocycles. The second kappa shape index (κ2) is 13.7. The summed E-state index contributed by atoms with van der Waals surface area (Å²) in [5.41, 5.74) is 3.02. The van der Waals surface area contributed by atoms with Crippen LogP contribution in [0.15, 0.2) is 70.2 Å². The van der Waals surface area contributed by atoms with Crippen LogP contribution in [0.3, 0.4) is 0 Å². The number of hydrogen-bond acceptors (Lipinski definition) is 9. The normalized spacial score (nSPS) is 10.4. The number of ether oxygens (including phenoxy) is 2. The van der Waals surface area contributed by atoms with Crippen molar-refractivity contribution in [3.05, 3.63) is 77.7 Å². The molecule has 0 aliphatic rings. The van der Waals surface area contributed by atoms with Gasteiger partial charge in [-0.2, -0.15) is 5.10 Å². The van der Waals surface area contributed by atoms with Crippen LogP contribution in [0.2, 0.25) is 0 Å². The summed E-state index contributed by atoms with van der Waals surface area (Å²) in [6.45, 7) is 1.83. The molecular weight excluding hydrogens is 510 g/mol. The summed E-state index contributed by atoms with van der Waals surface area (Å²) >= 11 is 0. The number of para-hydroxylation sites is 2. The van der Waals surface area contributed by atoms with Crippen LogP contribution in [0.25, 0.3) is 0 Å². The minimum Gasteiger partial charge on any atom is -0.495 e. The molecule has 0 saturated carbocycles. The number of benzene rings is 2. The Morgan fingerprint density at radius 1 is 0.872 bits per heavy atom. The first-order valence-electron chi connectivity index (χ1n) is 11.5. The van der Waals surface area contributed by atoms with Gasteiger partial charge >= 0.3 is 29.6 Å². The highest BCUT2D eigenvalue weighted by Crippen LogP contribution is 2.22. The molecule has 0 radical (unpaired) electrons. The lowest BCUT2D eigenvalue weighted by atomic mass is 10.2. The van der Waals surface area contributed by atoms with Gasteiger partial charge in [0.1, 0.15) is 17.3 Å². The summed E-state index contributed by atoms with van der Waals surface area (Å²) in [6, 6.07) is 15.5. The van der Waals surface area contributed by atoms with Gasteiger partial charge in [0.25, 0.3) is 0 Å². The Morgan fingerprint density at radius 2 is 1.59 bits per heavy atom. The SMILES string of the molecule is CCOC(=O)c1ccc(NC(=O)C(=O)NCc2ccc(/C=N/NC(=O)C(=O)Nc3ccccc3OC)o2)cc1. The van der Waals surface area contributed by atoms with Gasteiger partial charge < -0.3 is 29.8 Å². The van der Waals surface area contributed by atoms with E-state index in [2.05, 4.69) is 26.5 Å². The zero-order valence-corrected chi connectivity index (χ0v) is 21.0. The first-order valence-corrected chi connectivity index (χ1v) is 11.5. The van der Waals surface area contributed by atoms with E-state index in [1.54, 1.807) is 31.2 Å². The molecule has 0 aliphatic carbocycles. The van der Waals surface area contributed by atoms with Crippen molar-refractivity contribution in [1.82, 2.24) is 10.7 Å². The van der Waals surface area contributed by atoms with Gasteiger partial charge in [0.05, 0.1) is 37.7 Å².